The van der Waals surface area contributed by atoms with E-state index >= 15 is 0 Å². The molecule has 15 heavy (non-hydrogen) atoms. The SMILES string of the molecule is CC(C)C1CN(C(C)C2CCCNC2)C1. The minimum absolute atomic E-state index is 0.799. The smallest absolute Gasteiger partial charge is 0.0108 e. The summed E-state index contributed by atoms with van der Waals surface area (Å²) in [6.07, 6.45) is 2.80. The highest BCUT2D eigenvalue weighted by molar-refractivity contribution is 4.89. The summed E-state index contributed by atoms with van der Waals surface area (Å²) in [6.45, 7) is 12.3. The molecule has 0 radical (unpaired) electrons. The Balaban J connectivity index is 1.75. The lowest BCUT2D eigenvalue weighted by Crippen LogP contribution is -2.56. The Morgan fingerprint density at radius 3 is 2.40 bits per heavy atom. The van der Waals surface area contributed by atoms with E-state index in [-0.39, 0.29) is 0 Å². The third-order valence-electron chi connectivity index (χ3n) is 4.47. The van der Waals surface area contributed by atoms with Gasteiger partial charge in [-0.3, -0.25) is 4.90 Å². The van der Waals surface area contributed by atoms with Gasteiger partial charge in [0.2, 0.25) is 0 Å². The lowest BCUT2D eigenvalue weighted by Gasteiger charge is -2.48. The standard InChI is InChI=1S/C13H26N2/c1-10(2)13-8-15(9-13)11(3)12-5-4-6-14-7-12/h10-14H,4-9H2,1-3H3. The molecule has 2 aliphatic rings. The second-order valence-corrected chi connectivity index (χ2v) is 5.81. The van der Waals surface area contributed by atoms with Gasteiger partial charge in [-0.15, -0.1) is 0 Å². The molecular formula is C13H26N2. The fourth-order valence-corrected chi connectivity index (χ4v) is 2.89. The molecule has 0 spiro atoms. The molecule has 1 N–H and O–H groups in total. The minimum atomic E-state index is 0.799. The van der Waals surface area contributed by atoms with Crippen LogP contribution in [-0.2, 0) is 0 Å². The van der Waals surface area contributed by atoms with Crippen LogP contribution >= 0.6 is 0 Å². The lowest BCUT2D eigenvalue weighted by atomic mass is 9.83. The number of likely N-dealkylation sites (tertiary alicyclic amines) is 1. The van der Waals surface area contributed by atoms with Gasteiger partial charge in [-0.25, -0.2) is 0 Å². The fraction of sp³-hybridized carbons (Fsp3) is 1.00. The van der Waals surface area contributed by atoms with Gasteiger partial charge in [0.05, 0.1) is 0 Å². The Kier molecular flexibility index (Phi) is 3.68. The number of hydrogen-bond acceptors (Lipinski definition) is 2. The minimum Gasteiger partial charge on any atom is -0.316 e. The van der Waals surface area contributed by atoms with Crippen molar-refractivity contribution >= 4 is 0 Å². The van der Waals surface area contributed by atoms with Gasteiger partial charge >= 0.3 is 0 Å². The third kappa shape index (κ3) is 2.54. The molecule has 0 aromatic heterocycles. The van der Waals surface area contributed by atoms with Crippen LogP contribution in [0.25, 0.3) is 0 Å². The van der Waals surface area contributed by atoms with E-state index in [4.69, 9.17) is 0 Å². The maximum Gasteiger partial charge on any atom is 0.0108 e. The summed E-state index contributed by atoms with van der Waals surface area (Å²) in [5, 5.41) is 3.53. The van der Waals surface area contributed by atoms with Crippen molar-refractivity contribution in [1.29, 1.82) is 0 Å². The summed E-state index contributed by atoms with van der Waals surface area (Å²) in [5.41, 5.74) is 0. The van der Waals surface area contributed by atoms with Crippen LogP contribution in [0.15, 0.2) is 0 Å². The Morgan fingerprint density at radius 2 is 1.87 bits per heavy atom. The highest BCUT2D eigenvalue weighted by atomic mass is 15.2. The van der Waals surface area contributed by atoms with E-state index < -0.39 is 0 Å². The van der Waals surface area contributed by atoms with Crippen LogP contribution in [0.1, 0.15) is 33.6 Å². The quantitative estimate of drug-likeness (QED) is 0.766. The monoisotopic (exact) mass is 210 g/mol. The summed E-state index contributed by atoms with van der Waals surface area (Å²) in [7, 11) is 0. The van der Waals surface area contributed by atoms with Gasteiger partial charge < -0.3 is 5.32 Å². The second-order valence-electron chi connectivity index (χ2n) is 5.81. The van der Waals surface area contributed by atoms with Crippen LogP contribution in [-0.4, -0.2) is 37.1 Å². The first-order valence-corrected chi connectivity index (χ1v) is 6.63. The second kappa shape index (κ2) is 4.84. The number of rotatable bonds is 3. The van der Waals surface area contributed by atoms with Crippen molar-refractivity contribution in [3.8, 4) is 0 Å². The maximum absolute atomic E-state index is 3.53. The molecule has 0 bridgehead atoms. The fourth-order valence-electron chi connectivity index (χ4n) is 2.89. The summed E-state index contributed by atoms with van der Waals surface area (Å²) >= 11 is 0. The van der Waals surface area contributed by atoms with Crippen molar-refractivity contribution in [3.05, 3.63) is 0 Å². The first-order chi connectivity index (χ1) is 7.18. The molecular weight excluding hydrogens is 184 g/mol. The Labute approximate surface area is 94.4 Å². The molecule has 2 unspecified atom stereocenters. The molecule has 0 aliphatic carbocycles. The zero-order valence-electron chi connectivity index (χ0n) is 10.5. The summed E-state index contributed by atoms with van der Waals surface area (Å²) < 4.78 is 0. The molecule has 0 amide bonds. The number of nitrogens with zero attached hydrogens (tertiary/aromatic N) is 1. The molecule has 0 aromatic rings. The van der Waals surface area contributed by atoms with Crippen LogP contribution in [0, 0.1) is 17.8 Å². The number of hydrogen-bond donors (Lipinski definition) is 1. The van der Waals surface area contributed by atoms with Crippen molar-refractivity contribution in [1.82, 2.24) is 10.2 Å². The van der Waals surface area contributed by atoms with Crippen molar-refractivity contribution in [2.24, 2.45) is 17.8 Å². The largest absolute Gasteiger partial charge is 0.316 e. The predicted octanol–water partition coefficient (Wildman–Crippen LogP) is 1.96. The van der Waals surface area contributed by atoms with E-state index in [2.05, 4.69) is 31.0 Å². The summed E-state index contributed by atoms with van der Waals surface area (Å²) in [5.74, 6) is 2.73. The molecule has 2 heteroatoms. The molecule has 2 saturated heterocycles. The Hall–Kier alpha value is -0.0800. The van der Waals surface area contributed by atoms with Gasteiger partial charge in [0.15, 0.2) is 0 Å². The average molecular weight is 210 g/mol. The van der Waals surface area contributed by atoms with Gasteiger partial charge in [0, 0.05) is 19.1 Å². The molecule has 2 atom stereocenters. The van der Waals surface area contributed by atoms with E-state index in [0.717, 1.165) is 23.8 Å². The van der Waals surface area contributed by atoms with Crippen LogP contribution in [0.5, 0.6) is 0 Å². The molecule has 2 aliphatic heterocycles. The van der Waals surface area contributed by atoms with Crippen LogP contribution in [0.4, 0.5) is 0 Å². The molecule has 88 valence electrons. The van der Waals surface area contributed by atoms with E-state index in [9.17, 15) is 0 Å². The van der Waals surface area contributed by atoms with Gasteiger partial charge in [-0.2, -0.15) is 0 Å². The van der Waals surface area contributed by atoms with Gasteiger partial charge in [0.1, 0.15) is 0 Å². The first-order valence-electron chi connectivity index (χ1n) is 6.63. The average Bonchev–Trinajstić information content (AvgIpc) is 2.16. The van der Waals surface area contributed by atoms with E-state index in [1.54, 1.807) is 0 Å². The molecule has 2 heterocycles. The summed E-state index contributed by atoms with van der Waals surface area (Å²) in [6, 6.07) is 0.799. The molecule has 0 saturated carbocycles. The number of piperidine rings is 1. The van der Waals surface area contributed by atoms with Gasteiger partial charge in [-0.1, -0.05) is 13.8 Å². The van der Waals surface area contributed by atoms with Crippen molar-refractivity contribution in [2.45, 2.75) is 39.7 Å². The maximum atomic E-state index is 3.53. The van der Waals surface area contributed by atoms with Crippen LogP contribution in [0.3, 0.4) is 0 Å². The lowest BCUT2D eigenvalue weighted by molar-refractivity contribution is 0.00712. The number of nitrogens with one attached hydrogen (secondary N) is 1. The van der Waals surface area contributed by atoms with E-state index in [0.29, 0.717) is 0 Å². The highest BCUT2D eigenvalue weighted by Crippen LogP contribution is 2.29. The Bertz CT molecular complexity index is 191. The Morgan fingerprint density at radius 1 is 1.13 bits per heavy atom. The summed E-state index contributed by atoms with van der Waals surface area (Å²) in [4.78, 5) is 2.68. The van der Waals surface area contributed by atoms with E-state index in [1.165, 1.54) is 39.0 Å². The topological polar surface area (TPSA) is 15.3 Å². The third-order valence-corrected chi connectivity index (χ3v) is 4.47. The zero-order valence-corrected chi connectivity index (χ0v) is 10.5. The van der Waals surface area contributed by atoms with Crippen molar-refractivity contribution in [2.75, 3.05) is 26.2 Å². The first kappa shape index (κ1) is 11.4. The van der Waals surface area contributed by atoms with Crippen LogP contribution in [0.2, 0.25) is 0 Å². The molecule has 2 fully saturated rings. The predicted molar refractivity (Wildman–Crippen MR) is 65.0 cm³/mol. The zero-order chi connectivity index (χ0) is 10.8. The molecule has 2 rings (SSSR count). The van der Waals surface area contributed by atoms with Crippen LogP contribution < -0.4 is 5.32 Å². The highest BCUT2D eigenvalue weighted by Gasteiger charge is 2.35. The normalized spacial score (nSPS) is 31.6. The van der Waals surface area contributed by atoms with E-state index in [1.807, 2.05) is 0 Å². The molecule has 0 aromatic carbocycles. The van der Waals surface area contributed by atoms with Crippen molar-refractivity contribution < 1.29 is 0 Å². The van der Waals surface area contributed by atoms with Gasteiger partial charge in [-0.05, 0) is 50.6 Å². The van der Waals surface area contributed by atoms with Gasteiger partial charge in [0.25, 0.3) is 0 Å². The van der Waals surface area contributed by atoms with Crippen molar-refractivity contribution in [3.63, 3.8) is 0 Å². The molecule has 2 nitrogen and oxygen atoms in total.